The molecule has 0 radical (unpaired) electrons. The van der Waals surface area contributed by atoms with Crippen molar-refractivity contribution >= 4 is 5.97 Å². The van der Waals surface area contributed by atoms with Gasteiger partial charge < -0.3 is 10.2 Å². The molecule has 1 atom stereocenters. The lowest BCUT2D eigenvalue weighted by molar-refractivity contribution is -0.142. The Hall–Kier alpha value is -1.99. The molecule has 0 amide bonds. The number of hydrogen-bond acceptors (Lipinski definition) is 3. The van der Waals surface area contributed by atoms with E-state index in [1.165, 1.54) is 12.1 Å². The van der Waals surface area contributed by atoms with E-state index in [9.17, 15) is 4.79 Å². The van der Waals surface area contributed by atoms with Crippen LogP contribution in [0, 0.1) is 12.3 Å². The van der Waals surface area contributed by atoms with Crippen LogP contribution in [0.5, 0.6) is 5.75 Å². The molecule has 4 nitrogen and oxygen atoms in total. The Bertz CT molecular complexity index is 419. The van der Waals surface area contributed by atoms with Gasteiger partial charge in [0.2, 0.25) is 0 Å². The first-order valence-corrected chi connectivity index (χ1v) is 5.19. The molecule has 17 heavy (non-hydrogen) atoms. The van der Waals surface area contributed by atoms with E-state index in [-0.39, 0.29) is 12.3 Å². The summed E-state index contributed by atoms with van der Waals surface area (Å²) < 4.78 is 0. The zero-order valence-electron chi connectivity index (χ0n) is 9.63. The highest BCUT2D eigenvalue weighted by Gasteiger charge is 2.22. The molecule has 1 aromatic carbocycles. The van der Waals surface area contributed by atoms with Gasteiger partial charge in [-0.2, -0.15) is 0 Å². The lowest BCUT2D eigenvalue weighted by atomic mass is 10.0. The number of carboxylic acids is 1. The Labute approximate surface area is 100 Å². The highest BCUT2D eigenvalue weighted by molar-refractivity contribution is 5.74. The van der Waals surface area contributed by atoms with E-state index in [4.69, 9.17) is 16.6 Å². The first kappa shape index (κ1) is 13.1. The fraction of sp³-hybridized carbons (Fsp3) is 0.308. The maximum Gasteiger partial charge on any atom is 0.321 e. The minimum absolute atomic E-state index is 0.164. The summed E-state index contributed by atoms with van der Waals surface area (Å²) in [5, 5.41) is 18.3. The summed E-state index contributed by atoms with van der Waals surface area (Å²) in [5.74, 6) is 1.68. The third kappa shape index (κ3) is 3.82. The van der Waals surface area contributed by atoms with Crippen LogP contribution >= 0.6 is 0 Å². The molecule has 0 bridgehead atoms. The van der Waals surface area contributed by atoms with Crippen molar-refractivity contribution < 1.29 is 15.0 Å². The Kier molecular flexibility index (Phi) is 4.56. The van der Waals surface area contributed by atoms with Gasteiger partial charge in [-0.1, -0.05) is 18.1 Å². The van der Waals surface area contributed by atoms with Crippen molar-refractivity contribution in [1.82, 2.24) is 4.90 Å². The van der Waals surface area contributed by atoms with Crippen LogP contribution in [0.15, 0.2) is 24.3 Å². The van der Waals surface area contributed by atoms with Gasteiger partial charge in [-0.05, 0) is 31.2 Å². The number of hydrogen-bond donors (Lipinski definition) is 2. The standard InChI is InChI=1S/C13H15NO3/c1-3-8-14(2)12(13(16)17)9-10-4-6-11(15)7-5-10/h1,4-7,12,15H,8-9H2,2H3,(H,16,17)/t12-/m0/s1. The SMILES string of the molecule is C#CCN(C)[C@@H](Cc1ccc(O)cc1)C(=O)O. The third-order valence-electron chi connectivity index (χ3n) is 2.52. The van der Waals surface area contributed by atoms with Gasteiger partial charge in [-0.15, -0.1) is 6.42 Å². The second-order valence-corrected chi connectivity index (χ2v) is 3.84. The molecule has 0 aliphatic carbocycles. The topological polar surface area (TPSA) is 60.8 Å². The maximum atomic E-state index is 11.1. The molecule has 0 fully saturated rings. The number of nitrogens with zero attached hydrogens (tertiary/aromatic N) is 1. The van der Waals surface area contributed by atoms with Gasteiger partial charge in [0.25, 0.3) is 0 Å². The summed E-state index contributed by atoms with van der Waals surface area (Å²) in [6.45, 7) is 0.287. The van der Waals surface area contributed by atoms with Crippen molar-refractivity contribution in [2.45, 2.75) is 12.5 Å². The number of carboxylic acid groups (broad SMARTS) is 1. The van der Waals surface area contributed by atoms with Crippen LogP contribution in [0.2, 0.25) is 0 Å². The van der Waals surface area contributed by atoms with Crippen molar-refractivity contribution in [1.29, 1.82) is 0 Å². The number of likely N-dealkylation sites (N-methyl/N-ethyl adjacent to an activating group) is 1. The Morgan fingerprint density at radius 3 is 2.53 bits per heavy atom. The summed E-state index contributed by atoms with van der Waals surface area (Å²) in [5.41, 5.74) is 0.846. The van der Waals surface area contributed by atoms with E-state index in [1.807, 2.05) is 0 Å². The molecule has 4 heteroatoms. The molecule has 0 aromatic heterocycles. The maximum absolute atomic E-state index is 11.1. The number of aliphatic carboxylic acids is 1. The molecule has 0 heterocycles. The van der Waals surface area contributed by atoms with Crippen LogP contribution in [0.1, 0.15) is 5.56 Å². The number of phenolic OH excluding ortho intramolecular Hbond substituents is 1. The third-order valence-corrected chi connectivity index (χ3v) is 2.52. The minimum Gasteiger partial charge on any atom is -0.508 e. The lowest BCUT2D eigenvalue weighted by Gasteiger charge is -2.22. The van der Waals surface area contributed by atoms with E-state index >= 15 is 0 Å². The Balaban J connectivity index is 2.77. The second kappa shape index (κ2) is 5.92. The molecule has 90 valence electrons. The monoisotopic (exact) mass is 233 g/mol. The molecule has 2 N–H and O–H groups in total. The average molecular weight is 233 g/mol. The van der Waals surface area contributed by atoms with E-state index < -0.39 is 12.0 Å². The summed E-state index contributed by atoms with van der Waals surface area (Å²) in [6, 6.07) is 5.82. The van der Waals surface area contributed by atoms with E-state index in [1.54, 1.807) is 24.1 Å². The van der Waals surface area contributed by atoms with Crippen molar-refractivity contribution in [3.05, 3.63) is 29.8 Å². The van der Waals surface area contributed by atoms with Crippen LogP contribution in [0.25, 0.3) is 0 Å². The van der Waals surface area contributed by atoms with Gasteiger partial charge in [0.05, 0.1) is 6.54 Å². The van der Waals surface area contributed by atoms with Crippen LogP contribution in [0.4, 0.5) is 0 Å². The summed E-state index contributed by atoms with van der Waals surface area (Å²) in [4.78, 5) is 12.7. The Morgan fingerprint density at radius 2 is 2.06 bits per heavy atom. The van der Waals surface area contributed by atoms with Crippen LogP contribution in [-0.4, -0.2) is 40.7 Å². The first-order chi connectivity index (χ1) is 8.04. The second-order valence-electron chi connectivity index (χ2n) is 3.84. The highest BCUT2D eigenvalue weighted by atomic mass is 16.4. The Morgan fingerprint density at radius 1 is 1.47 bits per heavy atom. The highest BCUT2D eigenvalue weighted by Crippen LogP contribution is 2.13. The largest absolute Gasteiger partial charge is 0.508 e. The molecule has 0 spiro atoms. The zero-order chi connectivity index (χ0) is 12.8. The fourth-order valence-electron chi connectivity index (χ4n) is 1.54. The molecule has 0 saturated carbocycles. The van der Waals surface area contributed by atoms with Crippen molar-refractivity contribution in [2.75, 3.05) is 13.6 Å². The smallest absolute Gasteiger partial charge is 0.321 e. The lowest BCUT2D eigenvalue weighted by Crippen LogP contribution is -2.40. The molecule has 0 saturated heterocycles. The number of benzene rings is 1. The molecule has 0 unspecified atom stereocenters. The van der Waals surface area contributed by atoms with Gasteiger partial charge in [0.1, 0.15) is 11.8 Å². The number of phenols is 1. The van der Waals surface area contributed by atoms with Crippen LogP contribution < -0.4 is 0 Å². The molecular formula is C13H15NO3. The first-order valence-electron chi connectivity index (χ1n) is 5.19. The molecule has 0 aliphatic heterocycles. The number of carbonyl (C=O) groups is 1. The minimum atomic E-state index is -0.907. The summed E-state index contributed by atoms with van der Waals surface area (Å²) in [6.07, 6.45) is 5.52. The number of terminal acetylenes is 1. The molecule has 0 aliphatic rings. The van der Waals surface area contributed by atoms with Gasteiger partial charge in [-0.25, -0.2) is 0 Å². The summed E-state index contributed by atoms with van der Waals surface area (Å²) >= 11 is 0. The van der Waals surface area contributed by atoms with Crippen molar-refractivity contribution in [2.24, 2.45) is 0 Å². The fourth-order valence-corrected chi connectivity index (χ4v) is 1.54. The van der Waals surface area contributed by atoms with Crippen molar-refractivity contribution in [3.8, 4) is 18.1 Å². The van der Waals surface area contributed by atoms with E-state index in [0.29, 0.717) is 6.42 Å². The van der Waals surface area contributed by atoms with Gasteiger partial charge >= 0.3 is 5.97 Å². The number of rotatable bonds is 5. The number of aromatic hydroxyl groups is 1. The predicted octanol–water partition coefficient (Wildman–Crippen LogP) is 0.953. The van der Waals surface area contributed by atoms with Crippen LogP contribution in [0.3, 0.4) is 0 Å². The molecular weight excluding hydrogens is 218 g/mol. The van der Waals surface area contributed by atoms with Gasteiger partial charge in [0, 0.05) is 0 Å². The molecule has 1 aromatic rings. The van der Waals surface area contributed by atoms with E-state index in [2.05, 4.69) is 5.92 Å². The predicted molar refractivity (Wildman–Crippen MR) is 64.7 cm³/mol. The quantitative estimate of drug-likeness (QED) is 0.743. The van der Waals surface area contributed by atoms with Gasteiger partial charge in [-0.3, -0.25) is 9.69 Å². The zero-order valence-corrected chi connectivity index (χ0v) is 9.63. The van der Waals surface area contributed by atoms with Crippen LogP contribution in [-0.2, 0) is 11.2 Å². The van der Waals surface area contributed by atoms with E-state index in [0.717, 1.165) is 5.56 Å². The summed E-state index contributed by atoms with van der Waals surface area (Å²) in [7, 11) is 1.68. The van der Waals surface area contributed by atoms with Crippen molar-refractivity contribution in [3.63, 3.8) is 0 Å². The van der Waals surface area contributed by atoms with Gasteiger partial charge in [0.15, 0.2) is 0 Å². The average Bonchev–Trinajstić information content (AvgIpc) is 2.28. The molecule has 1 rings (SSSR count). The normalized spacial score (nSPS) is 12.1.